The van der Waals surface area contributed by atoms with E-state index in [2.05, 4.69) is 20.2 Å². The first-order valence-corrected chi connectivity index (χ1v) is 6.17. The van der Waals surface area contributed by atoms with Crippen molar-refractivity contribution in [2.45, 2.75) is 19.3 Å². The molecule has 0 atom stereocenters. The van der Waals surface area contributed by atoms with E-state index < -0.39 is 0 Å². The smallest absolute Gasteiger partial charge is 0.171 e. The van der Waals surface area contributed by atoms with Gasteiger partial charge in [-0.1, -0.05) is 18.0 Å². The molecule has 1 N–H and O–H groups in total. The summed E-state index contributed by atoms with van der Waals surface area (Å²) in [6.45, 7) is 4.36. The minimum Gasteiger partial charge on any atom is -0.366 e. The fraction of sp³-hybridized carbons (Fsp3) is 0.636. The van der Waals surface area contributed by atoms with Crippen LogP contribution in [-0.4, -0.2) is 41.0 Å². The Morgan fingerprint density at radius 3 is 2.69 bits per heavy atom. The van der Waals surface area contributed by atoms with Crippen molar-refractivity contribution >= 4 is 17.4 Å². The summed E-state index contributed by atoms with van der Waals surface area (Å²) >= 11 is 5.90. The molecule has 0 amide bonds. The first kappa shape index (κ1) is 11.6. The summed E-state index contributed by atoms with van der Waals surface area (Å²) in [5.41, 5.74) is 0. The van der Waals surface area contributed by atoms with Gasteiger partial charge in [0.2, 0.25) is 0 Å². The maximum Gasteiger partial charge on any atom is 0.171 e. The van der Waals surface area contributed by atoms with E-state index in [-0.39, 0.29) is 0 Å². The molecule has 0 bridgehead atoms. The molecule has 5 heteroatoms. The average molecular weight is 241 g/mol. The van der Waals surface area contributed by atoms with E-state index >= 15 is 0 Å². The number of halogens is 1. The Kier molecular flexibility index (Phi) is 4.36. The molecule has 4 nitrogen and oxygen atoms in total. The Morgan fingerprint density at radius 1 is 1.19 bits per heavy atom. The van der Waals surface area contributed by atoms with Crippen molar-refractivity contribution in [2.75, 3.05) is 31.5 Å². The Morgan fingerprint density at radius 2 is 1.94 bits per heavy atom. The van der Waals surface area contributed by atoms with Gasteiger partial charge < -0.3 is 10.2 Å². The summed E-state index contributed by atoms with van der Waals surface area (Å²) in [7, 11) is 0. The molecule has 0 spiro atoms. The van der Waals surface area contributed by atoms with Crippen LogP contribution in [0.3, 0.4) is 0 Å². The van der Waals surface area contributed by atoms with Crippen LogP contribution < -0.4 is 5.32 Å². The van der Waals surface area contributed by atoms with Gasteiger partial charge in [0.15, 0.2) is 11.0 Å². The third-order valence-corrected chi connectivity index (χ3v) is 3.10. The number of nitrogens with zero attached hydrogens (tertiary/aromatic N) is 3. The number of nitrogens with one attached hydrogen (secondary N) is 1. The lowest BCUT2D eigenvalue weighted by Crippen LogP contribution is -2.33. The lowest BCUT2D eigenvalue weighted by molar-refractivity contribution is 0.237. The van der Waals surface area contributed by atoms with E-state index in [1.807, 2.05) is 0 Å². The summed E-state index contributed by atoms with van der Waals surface area (Å²) in [6, 6.07) is 0. The summed E-state index contributed by atoms with van der Waals surface area (Å²) in [5, 5.41) is 3.66. The second-order valence-electron chi connectivity index (χ2n) is 4.02. The van der Waals surface area contributed by atoms with E-state index in [0.717, 1.165) is 13.1 Å². The zero-order valence-electron chi connectivity index (χ0n) is 9.32. The Hall–Kier alpha value is -0.870. The normalized spacial score (nSPS) is 17.3. The van der Waals surface area contributed by atoms with Crippen LogP contribution in [0, 0.1) is 0 Å². The number of hydrogen-bond acceptors (Lipinski definition) is 4. The van der Waals surface area contributed by atoms with Crippen LogP contribution >= 0.6 is 11.6 Å². The van der Waals surface area contributed by atoms with Crippen molar-refractivity contribution < 1.29 is 0 Å². The zero-order chi connectivity index (χ0) is 11.2. The number of rotatable bonds is 4. The maximum atomic E-state index is 5.90. The maximum absolute atomic E-state index is 5.90. The van der Waals surface area contributed by atoms with E-state index in [1.165, 1.54) is 32.4 Å². The van der Waals surface area contributed by atoms with E-state index in [4.69, 9.17) is 11.6 Å². The van der Waals surface area contributed by atoms with Gasteiger partial charge in [0.25, 0.3) is 0 Å². The van der Waals surface area contributed by atoms with E-state index in [1.54, 1.807) is 12.4 Å². The van der Waals surface area contributed by atoms with Crippen LogP contribution in [0.25, 0.3) is 0 Å². The Labute approximate surface area is 101 Å². The van der Waals surface area contributed by atoms with Gasteiger partial charge in [-0.15, -0.1) is 0 Å². The minimum atomic E-state index is 0.446. The molecule has 0 radical (unpaired) electrons. The fourth-order valence-corrected chi connectivity index (χ4v) is 2.13. The predicted octanol–water partition coefficient (Wildman–Crippen LogP) is 2.03. The molecule has 1 fully saturated rings. The van der Waals surface area contributed by atoms with Gasteiger partial charge in [-0.2, -0.15) is 0 Å². The molecule has 1 saturated heterocycles. The van der Waals surface area contributed by atoms with Crippen molar-refractivity contribution in [3.63, 3.8) is 0 Å². The van der Waals surface area contributed by atoms with Crippen molar-refractivity contribution in [2.24, 2.45) is 0 Å². The first-order chi connectivity index (χ1) is 7.86. The topological polar surface area (TPSA) is 41.1 Å². The number of piperidine rings is 1. The van der Waals surface area contributed by atoms with Gasteiger partial charge >= 0.3 is 0 Å². The lowest BCUT2D eigenvalue weighted by atomic mass is 10.1. The summed E-state index contributed by atoms with van der Waals surface area (Å²) in [6.07, 6.45) is 7.27. The largest absolute Gasteiger partial charge is 0.366 e. The quantitative estimate of drug-likeness (QED) is 0.875. The van der Waals surface area contributed by atoms with Crippen LogP contribution in [-0.2, 0) is 0 Å². The highest BCUT2D eigenvalue weighted by Crippen LogP contribution is 2.14. The van der Waals surface area contributed by atoms with Crippen LogP contribution in [0.1, 0.15) is 19.3 Å². The fourth-order valence-electron chi connectivity index (χ4n) is 1.96. The molecule has 88 valence electrons. The summed E-state index contributed by atoms with van der Waals surface area (Å²) < 4.78 is 0. The molecule has 1 aliphatic heterocycles. The Balaban J connectivity index is 1.73. The molecule has 1 aliphatic rings. The molecule has 1 aromatic heterocycles. The van der Waals surface area contributed by atoms with Crippen LogP contribution in [0.5, 0.6) is 0 Å². The van der Waals surface area contributed by atoms with Crippen LogP contribution in [0.2, 0.25) is 5.15 Å². The number of anilines is 1. The van der Waals surface area contributed by atoms with Crippen molar-refractivity contribution in [1.82, 2.24) is 14.9 Å². The van der Waals surface area contributed by atoms with Crippen LogP contribution in [0.15, 0.2) is 12.4 Å². The second-order valence-corrected chi connectivity index (χ2v) is 4.38. The zero-order valence-corrected chi connectivity index (χ0v) is 10.1. The molecule has 0 unspecified atom stereocenters. The predicted molar refractivity (Wildman–Crippen MR) is 65.8 cm³/mol. The molecule has 2 heterocycles. The van der Waals surface area contributed by atoms with Gasteiger partial charge in [-0.05, 0) is 25.9 Å². The molecule has 2 rings (SSSR count). The average Bonchev–Trinajstić information content (AvgIpc) is 2.33. The molecule has 0 aromatic carbocycles. The Bertz CT molecular complexity index is 326. The third-order valence-electron chi connectivity index (χ3n) is 2.82. The number of hydrogen-bond donors (Lipinski definition) is 1. The number of aromatic nitrogens is 2. The molecule has 1 aromatic rings. The van der Waals surface area contributed by atoms with Crippen LogP contribution in [0.4, 0.5) is 5.82 Å². The van der Waals surface area contributed by atoms with Gasteiger partial charge in [0.1, 0.15) is 0 Å². The van der Waals surface area contributed by atoms with Gasteiger partial charge in [0.05, 0.1) is 0 Å². The molecule has 0 aliphatic carbocycles. The van der Waals surface area contributed by atoms with Gasteiger partial charge in [-0.25, -0.2) is 9.97 Å². The highest BCUT2D eigenvalue weighted by Gasteiger charge is 2.09. The summed E-state index contributed by atoms with van der Waals surface area (Å²) in [5.74, 6) is 0.682. The summed E-state index contributed by atoms with van der Waals surface area (Å²) in [4.78, 5) is 10.6. The standard InChI is InChI=1S/C11H17ClN4/c12-10-11(14-5-4-13-10)15-6-9-16-7-2-1-3-8-16/h4-5H,1-3,6-9H2,(H,14,15). The minimum absolute atomic E-state index is 0.446. The number of likely N-dealkylation sites (tertiary alicyclic amines) is 1. The molecule has 0 saturated carbocycles. The second kappa shape index (κ2) is 6.01. The highest BCUT2D eigenvalue weighted by molar-refractivity contribution is 6.31. The van der Waals surface area contributed by atoms with Crippen molar-refractivity contribution in [3.05, 3.63) is 17.5 Å². The SMILES string of the molecule is Clc1nccnc1NCCN1CCCCC1. The monoisotopic (exact) mass is 240 g/mol. The molecular weight excluding hydrogens is 224 g/mol. The molecular formula is C11H17ClN4. The van der Waals surface area contributed by atoms with E-state index in [0.29, 0.717) is 11.0 Å². The van der Waals surface area contributed by atoms with Gasteiger partial charge in [0, 0.05) is 25.5 Å². The molecule has 16 heavy (non-hydrogen) atoms. The lowest BCUT2D eigenvalue weighted by Gasteiger charge is -2.26. The van der Waals surface area contributed by atoms with Crippen molar-refractivity contribution in [1.29, 1.82) is 0 Å². The van der Waals surface area contributed by atoms with Gasteiger partial charge in [-0.3, -0.25) is 0 Å². The third kappa shape index (κ3) is 3.32. The first-order valence-electron chi connectivity index (χ1n) is 5.79. The van der Waals surface area contributed by atoms with Crippen molar-refractivity contribution in [3.8, 4) is 0 Å². The van der Waals surface area contributed by atoms with E-state index in [9.17, 15) is 0 Å². The highest BCUT2D eigenvalue weighted by atomic mass is 35.5.